The van der Waals surface area contributed by atoms with E-state index >= 15 is 0 Å². The van der Waals surface area contributed by atoms with Gasteiger partial charge in [0.1, 0.15) is 0 Å². The number of carbonyl (C=O) groups is 1. The Kier molecular flexibility index (Phi) is 4.68. The summed E-state index contributed by atoms with van der Waals surface area (Å²) >= 11 is 5.90. The first kappa shape index (κ1) is 17.9. The Morgan fingerprint density at radius 2 is 2.00 bits per heavy atom. The lowest BCUT2D eigenvalue weighted by atomic mass is 10.1. The molecule has 0 fully saturated rings. The number of aromatic nitrogens is 4. The smallest absolute Gasteiger partial charge is 0.371 e. The zero-order valence-corrected chi connectivity index (χ0v) is 14.1. The lowest BCUT2D eigenvalue weighted by Crippen LogP contribution is -2.30. The first-order chi connectivity index (χ1) is 12.3. The second-order valence-electron chi connectivity index (χ2n) is 5.24. The molecule has 0 unspecified atom stereocenters. The minimum Gasteiger partial charge on any atom is -0.371 e. The molecule has 11 heteroatoms. The number of para-hydroxylation sites is 1. The number of rotatable bonds is 4. The highest BCUT2D eigenvalue weighted by atomic mass is 35.5. The maximum absolute atomic E-state index is 12.5. The Balaban J connectivity index is 1.97. The molecule has 0 saturated carbocycles. The number of halogens is 4. The van der Waals surface area contributed by atoms with E-state index in [0.717, 1.165) is 0 Å². The predicted molar refractivity (Wildman–Crippen MR) is 90.1 cm³/mol. The number of nitrogens with one attached hydrogen (secondary N) is 2. The van der Waals surface area contributed by atoms with Gasteiger partial charge in [-0.2, -0.15) is 23.1 Å². The molecule has 0 spiro atoms. The van der Waals surface area contributed by atoms with Crippen LogP contribution in [0, 0.1) is 0 Å². The highest BCUT2D eigenvalue weighted by molar-refractivity contribution is 6.28. The van der Waals surface area contributed by atoms with Crippen LogP contribution in [0.3, 0.4) is 0 Å². The van der Waals surface area contributed by atoms with Gasteiger partial charge in [-0.3, -0.25) is 4.79 Å². The largest absolute Gasteiger partial charge is 0.471 e. The average Bonchev–Trinajstić information content (AvgIpc) is 2.97. The molecule has 3 rings (SSSR count). The van der Waals surface area contributed by atoms with Crippen LogP contribution in [0.25, 0.3) is 11.2 Å². The van der Waals surface area contributed by atoms with Gasteiger partial charge in [-0.05, 0) is 23.2 Å². The summed E-state index contributed by atoms with van der Waals surface area (Å²) in [6.07, 6.45) is -3.50. The summed E-state index contributed by atoms with van der Waals surface area (Å²) in [5.74, 6) is -1.61. The van der Waals surface area contributed by atoms with Crippen LogP contribution in [0.1, 0.15) is 5.56 Å². The van der Waals surface area contributed by atoms with Crippen molar-refractivity contribution < 1.29 is 18.0 Å². The molecule has 0 radical (unpaired) electrons. The van der Waals surface area contributed by atoms with E-state index in [1.54, 1.807) is 23.7 Å². The third kappa shape index (κ3) is 3.54. The third-order valence-electron chi connectivity index (χ3n) is 3.54. The Bertz CT molecular complexity index is 972. The number of hydrogen-bond donors (Lipinski definition) is 2. The number of benzene rings is 1. The standard InChI is InChI=1S/C15H12ClF3N6O/c1-20-11-10-12(24-14(16)23-11)25(7-21-10)6-8-4-2-3-5-9(8)22-13(26)15(17,18)19/h2-5,7H,6H2,1H3,(H,22,26)(H,20,23,24). The fourth-order valence-corrected chi connectivity index (χ4v) is 2.53. The minimum absolute atomic E-state index is 0.00209. The third-order valence-corrected chi connectivity index (χ3v) is 3.71. The molecule has 136 valence electrons. The van der Waals surface area contributed by atoms with Gasteiger partial charge in [-0.15, -0.1) is 0 Å². The normalized spacial score (nSPS) is 11.6. The number of imidazole rings is 1. The zero-order chi connectivity index (χ0) is 18.9. The topological polar surface area (TPSA) is 84.7 Å². The molecule has 2 aromatic heterocycles. The fourth-order valence-electron chi connectivity index (χ4n) is 2.36. The number of hydrogen-bond acceptors (Lipinski definition) is 5. The maximum Gasteiger partial charge on any atom is 0.471 e. The van der Waals surface area contributed by atoms with Gasteiger partial charge in [0.15, 0.2) is 17.0 Å². The Hall–Kier alpha value is -2.88. The van der Waals surface area contributed by atoms with Gasteiger partial charge in [-0.1, -0.05) is 18.2 Å². The summed E-state index contributed by atoms with van der Waals surface area (Å²) in [5, 5.41) is 4.73. The van der Waals surface area contributed by atoms with Crippen LogP contribution in [-0.2, 0) is 11.3 Å². The first-order valence-corrected chi connectivity index (χ1v) is 7.69. The Morgan fingerprint density at radius 3 is 2.69 bits per heavy atom. The number of nitrogens with zero attached hydrogens (tertiary/aromatic N) is 4. The van der Waals surface area contributed by atoms with Crippen LogP contribution >= 0.6 is 11.6 Å². The summed E-state index contributed by atoms with van der Waals surface area (Å²) in [7, 11) is 1.65. The van der Waals surface area contributed by atoms with Crippen molar-refractivity contribution in [2.45, 2.75) is 12.7 Å². The SMILES string of the molecule is CNc1nc(Cl)nc2c1ncn2Cc1ccccc1NC(=O)C(F)(F)F. The monoisotopic (exact) mass is 384 g/mol. The minimum atomic E-state index is -4.97. The lowest BCUT2D eigenvalue weighted by Gasteiger charge is -2.13. The van der Waals surface area contributed by atoms with Gasteiger partial charge in [0.05, 0.1) is 12.9 Å². The van der Waals surface area contributed by atoms with Gasteiger partial charge in [0.2, 0.25) is 5.28 Å². The zero-order valence-electron chi connectivity index (χ0n) is 13.3. The average molecular weight is 385 g/mol. The quantitative estimate of drug-likeness (QED) is 0.675. The molecule has 0 aliphatic heterocycles. The van der Waals surface area contributed by atoms with Crippen LogP contribution < -0.4 is 10.6 Å². The van der Waals surface area contributed by atoms with Crippen molar-refractivity contribution in [3.8, 4) is 0 Å². The fraction of sp³-hybridized carbons (Fsp3) is 0.200. The van der Waals surface area contributed by atoms with Crippen molar-refractivity contribution in [1.29, 1.82) is 0 Å². The van der Waals surface area contributed by atoms with E-state index in [4.69, 9.17) is 11.6 Å². The highest BCUT2D eigenvalue weighted by Crippen LogP contribution is 2.24. The summed E-state index contributed by atoms with van der Waals surface area (Å²) in [6.45, 7) is 0.126. The van der Waals surface area contributed by atoms with Crippen molar-refractivity contribution in [3.05, 3.63) is 41.4 Å². The molecule has 0 aliphatic carbocycles. The molecule has 26 heavy (non-hydrogen) atoms. The number of amides is 1. The van der Waals surface area contributed by atoms with E-state index < -0.39 is 12.1 Å². The molecule has 0 saturated heterocycles. The molecule has 0 atom stereocenters. The van der Waals surface area contributed by atoms with Crippen LogP contribution in [0.15, 0.2) is 30.6 Å². The Morgan fingerprint density at radius 1 is 1.27 bits per heavy atom. The second kappa shape index (κ2) is 6.79. The summed E-state index contributed by atoms with van der Waals surface area (Å²) in [4.78, 5) is 23.6. The van der Waals surface area contributed by atoms with Gasteiger partial charge in [0, 0.05) is 12.7 Å². The molecule has 7 nitrogen and oxygen atoms in total. The molecule has 3 aromatic rings. The highest BCUT2D eigenvalue weighted by Gasteiger charge is 2.38. The van der Waals surface area contributed by atoms with E-state index in [1.807, 2.05) is 5.32 Å². The van der Waals surface area contributed by atoms with Crippen molar-refractivity contribution in [3.63, 3.8) is 0 Å². The van der Waals surface area contributed by atoms with Gasteiger partial charge < -0.3 is 15.2 Å². The maximum atomic E-state index is 12.5. The van der Waals surface area contributed by atoms with E-state index in [2.05, 4.69) is 20.3 Å². The van der Waals surface area contributed by atoms with E-state index in [-0.39, 0.29) is 17.5 Å². The number of anilines is 2. The van der Waals surface area contributed by atoms with E-state index in [9.17, 15) is 18.0 Å². The van der Waals surface area contributed by atoms with Gasteiger partial charge in [0.25, 0.3) is 0 Å². The molecule has 2 heterocycles. The van der Waals surface area contributed by atoms with Crippen LogP contribution in [0.4, 0.5) is 24.7 Å². The van der Waals surface area contributed by atoms with Gasteiger partial charge >= 0.3 is 12.1 Å². The predicted octanol–water partition coefficient (Wildman–Crippen LogP) is 3.07. The van der Waals surface area contributed by atoms with Crippen LogP contribution in [0.5, 0.6) is 0 Å². The first-order valence-electron chi connectivity index (χ1n) is 7.32. The summed E-state index contributed by atoms with van der Waals surface area (Å²) in [6, 6.07) is 6.16. The van der Waals surface area contributed by atoms with Crippen LogP contribution in [-0.4, -0.2) is 38.7 Å². The summed E-state index contributed by atoms with van der Waals surface area (Å²) < 4.78 is 39.1. The summed E-state index contributed by atoms with van der Waals surface area (Å²) in [5.41, 5.74) is 1.37. The molecule has 0 aliphatic rings. The number of fused-ring (bicyclic) bond motifs is 1. The molecular weight excluding hydrogens is 373 g/mol. The molecule has 0 bridgehead atoms. The molecule has 1 aromatic carbocycles. The number of carbonyl (C=O) groups excluding carboxylic acids is 1. The van der Waals surface area contributed by atoms with Gasteiger partial charge in [-0.25, -0.2) is 4.98 Å². The van der Waals surface area contributed by atoms with Crippen molar-refractivity contribution in [2.24, 2.45) is 0 Å². The molecule has 1 amide bonds. The van der Waals surface area contributed by atoms with Crippen molar-refractivity contribution >= 4 is 40.2 Å². The van der Waals surface area contributed by atoms with E-state index in [1.165, 1.54) is 18.5 Å². The van der Waals surface area contributed by atoms with Crippen LogP contribution in [0.2, 0.25) is 5.28 Å². The Labute approximate surface area is 150 Å². The molecular formula is C15H12ClF3N6O. The van der Waals surface area contributed by atoms with E-state index in [0.29, 0.717) is 22.5 Å². The van der Waals surface area contributed by atoms with Crippen molar-refractivity contribution in [1.82, 2.24) is 19.5 Å². The lowest BCUT2D eigenvalue weighted by molar-refractivity contribution is -0.167. The second-order valence-corrected chi connectivity index (χ2v) is 5.58. The molecule has 2 N–H and O–H groups in total. The van der Waals surface area contributed by atoms with Crippen molar-refractivity contribution in [2.75, 3.05) is 17.7 Å². The number of alkyl halides is 3.